The van der Waals surface area contributed by atoms with Crippen molar-refractivity contribution in [3.63, 3.8) is 0 Å². The maximum Gasteiger partial charge on any atom is 0.310 e. The number of piperidine rings is 1. The molecule has 0 N–H and O–H groups in total. The van der Waals surface area contributed by atoms with Gasteiger partial charge in [-0.15, -0.1) is 0 Å². The zero-order chi connectivity index (χ0) is 21.8. The fraction of sp³-hybridized carbons (Fsp3) is 0.458. The molecule has 2 aromatic rings. The zero-order valence-electron chi connectivity index (χ0n) is 17.6. The number of benzene rings is 2. The summed E-state index contributed by atoms with van der Waals surface area (Å²) in [5.41, 5.74) is 2.11. The minimum absolute atomic E-state index is 0.0549. The zero-order valence-corrected chi connectivity index (χ0v) is 19.2. The molecule has 2 unspecified atom stereocenters. The summed E-state index contributed by atoms with van der Waals surface area (Å²) in [5.74, 6) is -0.403. The summed E-state index contributed by atoms with van der Waals surface area (Å²) >= 11 is 7.79. The van der Waals surface area contributed by atoms with Crippen LogP contribution < -0.4 is 0 Å². The number of halogens is 2. The predicted molar refractivity (Wildman–Crippen MR) is 120 cm³/mol. The molecule has 0 saturated carbocycles. The second-order valence-corrected chi connectivity index (χ2v) is 9.51. The highest BCUT2D eigenvalue weighted by Crippen LogP contribution is 2.43. The third kappa shape index (κ3) is 5.61. The Kier molecular flexibility index (Phi) is 7.54. The van der Waals surface area contributed by atoms with Gasteiger partial charge in [-0.05, 0) is 67.8 Å². The molecule has 1 fully saturated rings. The van der Waals surface area contributed by atoms with E-state index in [1.54, 1.807) is 17.8 Å². The Morgan fingerprint density at radius 1 is 1.26 bits per heavy atom. The topological polar surface area (TPSA) is 38.8 Å². The molecule has 2 aromatic carbocycles. The van der Waals surface area contributed by atoms with Crippen molar-refractivity contribution in [2.24, 2.45) is 5.92 Å². The molecule has 2 atom stereocenters. The molecule has 0 spiro atoms. The Bertz CT molecular complexity index is 941. The van der Waals surface area contributed by atoms with E-state index >= 15 is 0 Å². The summed E-state index contributed by atoms with van der Waals surface area (Å²) < 4.78 is 25.5. The van der Waals surface area contributed by atoms with E-state index in [0.29, 0.717) is 31.2 Å². The molecule has 2 aliphatic rings. The van der Waals surface area contributed by atoms with Crippen molar-refractivity contribution in [1.29, 1.82) is 0 Å². The van der Waals surface area contributed by atoms with Gasteiger partial charge in [-0.1, -0.05) is 29.4 Å². The van der Waals surface area contributed by atoms with E-state index in [1.807, 2.05) is 31.2 Å². The summed E-state index contributed by atoms with van der Waals surface area (Å²) in [7, 11) is 0. The number of likely N-dealkylation sites (tertiary alicyclic amines) is 1. The maximum atomic E-state index is 13.9. The monoisotopic (exact) mass is 463 g/mol. The number of ether oxygens (including phenoxy) is 2. The number of esters is 1. The van der Waals surface area contributed by atoms with Crippen molar-refractivity contribution < 1.29 is 18.7 Å². The number of hydrogen-bond donors (Lipinski definition) is 0. The van der Waals surface area contributed by atoms with Gasteiger partial charge in [0.1, 0.15) is 5.82 Å². The molecule has 1 saturated heterocycles. The molecule has 2 heterocycles. The van der Waals surface area contributed by atoms with Crippen LogP contribution in [0.15, 0.2) is 46.2 Å². The first-order valence-corrected chi connectivity index (χ1v) is 12.0. The molecule has 7 heteroatoms. The quantitative estimate of drug-likeness (QED) is 0.527. The molecule has 166 valence electrons. The second kappa shape index (κ2) is 10.3. The van der Waals surface area contributed by atoms with Crippen LogP contribution in [0.4, 0.5) is 4.39 Å². The average Bonchev–Trinajstić information content (AvgIpc) is 2.90. The maximum absolute atomic E-state index is 13.9. The fourth-order valence-electron chi connectivity index (χ4n) is 4.28. The Morgan fingerprint density at radius 2 is 2.13 bits per heavy atom. The van der Waals surface area contributed by atoms with Crippen LogP contribution >= 0.6 is 23.4 Å². The Labute approximate surface area is 192 Å². The highest BCUT2D eigenvalue weighted by Gasteiger charge is 2.28. The summed E-state index contributed by atoms with van der Waals surface area (Å²) in [5, 5.41) is 0.688. The van der Waals surface area contributed by atoms with E-state index in [1.165, 1.54) is 6.07 Å². The van der Waals surface area contributed by atoms with Gasteiger partial charge in [0.2, 0.25) is 0 Å². The fourth-order valence-corrected chi connectivity index (χ4v) is 5.61. The highest BCUT2D eigenvalue weighted by molar-refractivity contribution is 7.99. The minimum atomic E-state index is -0.249. The lowest BCUT2D eigenvalue weighted by molar-refractivity contribution is -0.150. The van der Waals surface area contributed by atoms with Crippen molar-refractivity contribution in [2.45, 2.75) is 42.1 Å². The molecular formula is C24H27ClFNO3S. The third-order valence-electron chi connectivity index (χ3n) is 5.82. The number of hydrogen-bond acceptors (Lipinski definition) is 5. The van der Waals surface area contributed by atoms with Gasteiger partial charge in [0.15, 0.2) is 0 Å². The van der Waals surface area contributed by atoms with Crippen molar-refractivity contribution in [3.8, 4) is 0 Å². The number of fused-ring (bicyclic) bond motifs is 2. The SMILES string of the molecule is CCOC(=O)C1CCCN(CCOC2Cc3cc(Cl)ccc3Sc3cc(F)ccc32)C1. The number of nitrogens with zero attached hydrogens (tertiary/aromatic N) is 1. The van der Waals surface area contributed by atoms with E-state index < -0.39 is 0 Å². The molecule has 4 rings (SSSR count). The van der Waals surface area contributed by atoms with Crippen LogP contribution in [0.3, 0.4) is 0 Å². The lowest BCUT2D eigenvalue weighted by Gasteiger charge is -2.31. The molecule has 4 nitrogen and oxygen atoms in total. The smallest absolute Gasteiger partial charge is 0.310 e. The molecule has 0 radical (unpaired) electrons. The van der Waals surface area contributed by atoms with Crippen molar-refractivity contribution in [3.05, 3.63) is 58.4 Å². The van der Waals surface area contributed by atoms with Gasteiger partial charge in [0.25, 0.3) is 0 Å². The molecule has 2 aliphatic heterocycles. The summed E-state index contributed by atoms with van der Waals surface area (Å²) in [6.45, 7) is 5.22. The Morgan fingerprint density at radius 3 is 2.97 bits per heavy atom. The first-order chi connectivity index (χ1) is 15.0. The molecule has 0 aromatic heterocycles. The van der Waals surface area contributed by atoms with Gasteiger partial charge >= 0.3 is 5.97 Å². The van der Waals surface area contributed by atoms with Crippen LogP contribution in [0.2, 0.25) is 5.02 Å². The van der Waals surface area contributed by atoms with Crippen LogP contribution in [0.1, 0.15) is 37.0 Å². The normalized spacial score (nSPS) is 21.1. The first-order valence-electron chi connectivity index (χ1n) is 10.8. The van der Waals surface area contributed by atoms with Gasteiger partial charge in [0, 0.05) is 34.3 Å². The molecule has 31 heavy (non-hydrogen) atoms. The summed E-state index contributed by atoms with van der Waals surface area (Å²) in [6, 6.07) is 10.7. The van der Waals surface area contributed by atoms with Gasteiger partial charge in [0.05, 0.1) is 25.2 Å². The van der Waals surface area contributed by atoms with Crippen LogP contribution in [-0.4, -0.2) is 43.7 Å². The van der Waals surface area contributed by atoms with E-state index in [2.05, 4.69) is 4.90 Å². The molecule has 0 aliphatic carbocycles. The van der Waals surface area contributed by atoms with E-state index in [0.717, 1.165) is 46.8 Å². The molecule has 0 amide bonds. The number of carbonyl (C=O) groups is 1. The molecule has 0 bridgehead atoms. The average molecular weight is 464 g/mol. The Balaban J connectivity index is 1.43. The van der Waals surface area contributed by atoms with E-state index in [9.17, 15) is 9.18 Å². The van der Waals surface area contributed by atoms with Gasteiger partial charge in [-0.3, -0.25) is 4.79 Å². The largest absolute Gasteiger partial charge is 0.466 e. The highest BCUT2D eigenvalue weighted by atomic mass is 35.5. The number of carbonyl (C=O) groups excluding carboxylic acids is 1. The molecular weight excluding hydrogens is 437 g/mol. The van der Waals surface area contributed by atoms with Gasteiger partial charge < -0.3 is 14.4 Å². The lowest BCUT2D eigenvalue weighted by atomic mass is 9.98. The van der Waals surface area contributed by atoms with Gasteiger partial charge in [-0.25, -0.2) is 4.39 Å². The second-order valence-electron chi connectivity index (χ2n) is 7.99. The Hall–Kier alpha value is -1.60. The van der Waals surface area contributed by atoms with Crippen molar-refractivity contribution in [1.82, 2.24) is 4.90 Å². The first kappa shape index (κ1) is 22.6. The van der Waals surface area contributed by atoms with Crippen LogP contribution in [0.25, 0.3) is 0 Å². The van der Waals surface area contributed by atoms with Crippen LogP contribution in [-0.2, 0) is 20.7 Å². The van der Waals surface area contributed by atoms with E-state index in [-0.39, 0.29) is 23.8 Å². The number of rotatable bonds is 6. The predicted octanol–water partition coefficient (Wildman–Crippen LogP) is 5.52. The summed E-state index contributed by atoms with van der Waals surface area (Å²) in [6.07, 6.45) is 2.38. The minimum Gasteiger partial charge on any atom is -0.466 e. The van der Waals surface area contributed by atoms with Crippen molar-refractivity contribution >= 4 is 29.3 Å². The lowest BCUT2D eigenvalue weighted by Crippen LogP contribution is -2.41. The van der Waals surface area contributed by atoms with Crippen LogP contribution in [0.5, 0.6) is 0 Å². The standard InChI is InChI=1S/C24H27ClFNO3S/c1-2-29-24(28)16-4-3-9-27(15-16)10-11-30-21-13-17-12-18(25)5-8-22(17)31-23-14-19(26)6-7-20(21)23/h5-8,12,14,16,21H,2-4,9-11,13,15H2,1H3. The van der Waals surface area contributed by atoms with Crippen LogP contribution in [0, 0.1) is 11.7 Å². The van der Waals surface area contributed by atoms with Gasteiger partial charge in [-0.2, -0.15) is 0 Å². The van der Waals surface area contributed by atoms with E-state index in [4.69, 9.17) is 21.1 Å². The third-order valence-corrected chi connectivity index (χ3v) is 7.25. The summed E-state index contributed by atoms with van der Waals surface area (Å²) in [4.78, 5) is 16.3. The van der Waals surface area contributed by atoms with Crippen molar-refractivity contribution in [2.75, 3.05) is 32.8 Å².